The molecule has 20 heavy (non-hydrogen) atoms. The Hall–Kier alpha value is -2.37. The molecule has 7 nitrogen and oxygen atoms in total. The predicted molar refractivity (Wildman–Crippen MR) is 71.2 cm³/mol. The highest BCUT2D eigenvalue weighted by Gasteiger charge is 2.03. The maximum absolute atomic E-state index is 10.5. The second kappa shape index (κ2) is 8.68. The predicted octanol–water partition coefficient (Wildman–Crippen LogP) is 1.66. The van der Waals surface area contributed by atoms with Crippen LogP contribution in [0.2, 0.25) is 0 Å². The van der Waals surface area contributed by atoms with Gasteiger partial charge in [0, 0.05) is 13.6 Å². The lowest BCUT2D eigenvalue weighted by Crippen LogP contribution is -2.28. The van der Waals surface area contributed by atoms with Crippen LogP contribution < -0.4 is 4.74 Å². The highest BCUT2D eigenvalue weighted by molar-refractivity contribution is 5.64. The van der Waals surface area contributed by atoms with Crippen molar-refractivity contribution in [1.29, 1.82) is 0 Å². The quantitative estimate of drug-likeness (QED) is 0.444. The van der Waals surface area contributed by atoms with E-state index >= 15 is 0 Å². The maximum atomic E-state index is 10.5. The average molecular weight is 280 g/mol. The van der Waals surface area contributed by atoms with Gasteiger partial charge in [-0.25, -0.2) is 9.59 Å². The van der Waals surface area contributed by atoms with Crippen LogP contribution in [0.4, 0.5) is 10.5 Å². The molecule has 0 aromatic heterocycles. The Morgan fingerprint density at radius 2 is 2.00 bits per heavy atom. The third-order valence-electron chi connectivity index (χ3n) is 2.41. The van der Waals surface area contributed by atoms with Gasteiger partial charge in [-0.05, 0) is 24.3 Å². The molecule has 1 rings (SSSR count). The zero-order valence-corrected chi connectivity index (χ0v) is 11.1. The lowest BCUT2D eigenvalue weighted by atomic mass is 10.3. The van der Waals surface area contributed by atoms with Gasteiger partial charge in [-0.1, -0.05) is 0 Å². The molecular formula is C13H16N2O5. The normalized spacial score (nSPS) is 9.65. The van der Waals surface area contributed by atoms with Crippen LogP contribution in [0.25, 0.3) is 0 Å². The van der Waals surface area contributed by atoms with E-state index in [4.69, 9.17) is 14.6 Å². The van der Waals surface area contributed by atoms with Crippen LogP contribution in [0.15, 0.2) is 29.3 Å². The first kappa shape index (κ1) is 15.7. The Balaban J connectivity index is 2.15. The van der Waals surface area contributed by atoms with Crippen LogP contribution in [-0.2, 0) is 9.53 Å². The van der Waals surface area contributed by atoms with E-state index in [2.05, 4.69) is 4.99 Å². The molecular weight excluding hydrogens is 264 g/mol. The third kappa shape index (κ3) is 5.99. The first-order valence-corrected chi connectivity index (χ1v) is 5.96. The Bertz CT molecular complexity index is 468. The summed E-state index contributed by atoms with van der Waals surface area (Å²) < 4.78 is 10.6. The molecule has 1 N–H and O–H groups in total. The van der Waals surface area contributed by atoms with Gasteiger partial charge in [-0.2, -0.15) is 4.99 Å². The minimum Gasteiger partial charge on any atom is -0.491 e. The summed E-state index contributed by atoms with van der Waals surface area (Å²) in [7, 11) is 1.48. The summed E-state index contributed by atoms with van der Waals surface area (Å²) in [6, 6.07) is 6.66. The number of nitrogens with zero attached hydrogens (tertiary/aromatic N) is 2. The number of carbonyl (C=O) groups excluding carboxylic acids is 1. The molecule has 1 aromatic rings. The second-order valence-corrected chi connectivity index (χ2v) is 3.86. The molecule has 0 unspecified atom stereocenters. The first-order chi connectivity index (χ1) is 9.63. The number of aliphatic imine (C=N–C) groups is 1. The number of hydrogen-bond acceptors (Lipinski definition) is 5. The highest BCUT2D eigenvalue weighted by atomic mass is 16.5. The molecule has 0 saturated heterocycles. The SMILES string of the molecule is CN(CCOCCOc1ccc(N=C=O)cc1)C(=O)O. The van der Waals surface area contributed by atoms with Crippen LogP contribution in [-0.4, -0.2) is 55.6 Å². The van der Waals surface area contributed by atoms with Crippen molar-refractivity contribution in [2.75, 3.05) is 33.4 Å². The van der Waals surface area contributed by atoms with Gasteiger partial charge in [-0.3, -0.25) is 0 Å². The summed E-state index contributed by atoms with van der Waals surface area (Å²) in [4.78, 5) is 25.1. The summed E-state index contributed by atoms with van der Waals surface area (Å²) in [6.07, 6.45) is 0.472. The van der Waals surface area contributed by atoms with Crippen LogP contribution in [0.3, 0.4) is 0 Å². The maximum Gasteiger partial charge on any atom is 0.407 e. The molecule has 0 aliphatic rings. The number of likely N-dealkylation sites (N-methyl/N-ethyl adjacent to an activating group) is 1. The summed E-state index contributed by atoms with van der Waals surface area (Å²) in [5.74, 6) is 0.640. The first-order valence-electron chi connectivity index (χ1n) is 5.96. The van der Waals surface area contributed by atoms with E-state index in [1.54, 1.807) is 24.3 Å². The molecule has 0 heterocycles. The zero-order chi connectivity index (χ0) is 14.8. The van der Waals surface area contributed by atoms with Crippen molar-refractivity contribution in [3.8, 4) is 5.75 Å². The molecule has 0 atom stereocenters. The molecule has 0 radical (unpaired) electrons. The number of carboxylic acid groups (broad SMARTS) is 1. The number of benzene rings is 1. The average Bonchev–Trinajstić information content (AvgIpc) is 2.44. The number of rotatable bonds is 8. The Morgan fingerprint density at radius 1 is 1.30 bits per heavy atom. The molecule has 0 fully saturated rings. The van der Waals surface area contributed by atoms with Gasteiger partial charge in [-0.15, -0.1) is 0 Å². The molecule has 1 aromatic carbocycles. The minimum atomic E-state index is -0.983. The molecule has 0 aliphatic carbocycles. The Labute approximate surface area is 116 Å². The van der Waals surface area contributed by atoms with E-state index in [1.807, 2.05) is 0 Å². The topological polar surface area (TPSA) is 88.4 Å². The van der Waals surface area contributed by atoms with Crippen LogP contribution in [0.1, 0.15) is 0 Å². The van der Waals surface area contributed by atoms with E-state index in [0.29, 0.717) is 37.8 Å². The largest absolute Gasteiger partial charge is 0.491 e. The van der Waals surface area contributed by atoms with E-state index in [-0.39, 0.29) is 0 Å². The molecule has 0 saturated carbocycles. The molecule has 0 spiro atoms. The minimum absolute atomic E-state index is 0.313. The molecule has 0 aliphatic heterocycles. The van der Waals surface area contributed by atoms with Crippen molar-refractivity contribution in [3.63, 3.8) is 0 Å². The number of carbonyl (C=O) groups is 1. The van der Waals surface area contributed by atoms with Gasteiger partial charge in [0.1, 0.15) is 12.4 Å². The summed E-state index contributed by atoms with van der Waals surface area (Å²) in [5.41, 5.74) is 0.514. The van der Waals surface area contributed by atoms with E-state index < -0.39 is 6.09 Å². The van der Waals surface area contributed by atoms with Crippen molar-refractivity contribution in [2.45, 2.75) is 0 Å². The van der Waals surface area contributed by atoms with E-state index in [0.717, 1.165) is 4.90 Å². The van der Waals surface area contributed by atoms with Gasteiger partial charge in [0.05, 0.1) is 18.9 Å². The van der Waals surface area contributed by atoms with Gasteiger partial charge in [0.2, 0.25) is 6.08 Å². The van der Waals surface area contributed by atoms with Crippen molar-refractivity contribution in [3.05, 3.63) is 24.3 Å². The second-order valence-electron chi connectivity index (χ2n) is 3.86. The summed E-state index contributed by atoms with van der Waals surface area (Å²) in [6.45, 7) is 1.35. The van der Waals surface area contributed by atoms with Crippen molar-refractivity contribution in [1.82, 2.24) is 4.90 Å². The van der Waals surface area contributed by atoms with Gasteiger partial charge < -0.3 is 19.5 Å². The van der Waals surface area contributed by atoms with Crippen molar-refractivity contribution >= 4 is 17.9 Å². The van der Waals surface area contributed by atoms with E-state index in [1.165, 1.54) is 13.1 Å². The van der Waals surface area contributed by atoms with E-state index in [9.17, 15) is 9.59 Å². The van der Waals surface area contributed by atoms with Crippen LogP contribution in [0.5, 0.6) is 5.75 Å². The van der Waals surface area contributed by atoms with Gasteiger partial charge in [0.25, 0.3) is 0 Å². The highest BCUT2D eigenvalue weighted by Crippen LogP contribution is 2.17. The Morgan fingerprint density at radius 3 is 2.60 bits per heavy atom. The molecule has 7 heteroatoms. The number of amides is 1. The Kier molecular flexibility index (Phi) is 6.81. The summed E-state index contributed by atoms with van der Waals surface area (Å²) >= 11 is 0. The van der Waals surface area contributed by atoms with Crippen LogP contribution in [0, 0.1) is 0 Å². The van der Waals surface area contributed by atoms with Crippen LogP contribution >= 0.6 is 0 Å². The fraction of sp³-hybridized carbons (Fsp3) is 0.385. The van der Waals surface area contributed by atoms with Gasteiger partial charge >= 0.3 is 6.09 Å². The fourth-order valence-electron chi connectivity index (χ4n) is 1.29. The summed E-state index contributed by atoms with van der Waals surface area (Å²) in [5, 5.41) is 8.61. The lowest BCUT2D eigenvalue weighted by molar-refractivity contribution is 0.0819. The smallest absolute Gasteiger partial charge is 0.407 e. The lowest BCUT2D eigenvalue weighted by Gasteiger charge is -2.12. The molecule has 1 amide bonds. The van der Waals surface area contributed by atoms with Gasteiger partial charge in [0.15, 0.2) is 0 Å². The number of isocyanates is 1. The third-order valence-corrected chi connectivity index (χ3v) is 2.41. The number of ether oxygens (including phenoxy) is 2. The van der Waals surface area contributed by atoms with Crippen molar-refractivity contribution in [2.24, 2.45) is 4.99 Å². The molecule has 0 bridgehead atoms. The zero-order valence-electron chi connectivity index (χ0n) is 11.1. The standard InChI is InChI=1S/C13H16N2O5/c1-15(13(17)18)6-7-19-8-9-20-12-4-2-11(3-5-12)14-10-16/h2-5H,6-9H2,1H3,(H,17,18). The number of hydrogen-bond donors (Lipinski definition) is 1. The van der Waals surface area contributed by atoms with Crippen molar-refractivity contribution < 1.29 is 24.2 Å². The molecule has 108 valence electrons. The fourth-order valence-corrected chi connectivity index (χ4v) is 1.29. The monoisotopic (exact) mass is 280 g/mol.